The van der Waals surface area contributed by atoms with Crippen LogP contribution < -0.4 is 5.32 Å². The number of hydrogen-bond donors (Lipinski definition) is 1. The van der Waals surface area contributed by atoms with Crippen LogP contribution in [0.4, 0.5) is 0 Å². The summed E-state index contributed by atoms with van der Waals surface area (Å²) in [7, 11) is 0. The third kappa shape index (κ3) is 3.54. The second-order valence-electron chi connectivity index (χ2n) is 7.47. The van der Waals surface area contributed by atoms with Crippen molar-refractivity contribution in [3.63, 3.8) is 0 Å². The van der Waals surface area contributed by atoms with E-state index >= 15 is 0 Å². The van der Waals surface area contributed by atoms with Gasteiger partial charge in [0.25, 0.3) is 0 Å². The first-order chi connectivity index (χ1) is 13.8. The Morgan fingerprint density at radius 1 is 1.07 bits per heavy atom. The molecular weight excluding hydrogens is 414 g/mol. The summed E-state index contributed by atoms with van der Waals surface area (Å²) >= 11 is 3.63. The number of nitrogens with one attached hydrogen (secondary N) is 1. The van der Waals surface area contributed by atoms with Crippen LogP contribution in [-0.4, -0.2) is 27.0 Å². The highest BCUT2D eigenvalue weighted by Gasteiger charge is 2.23. The molecule has 1 saturated carbocycles. The second-order valence-corrected chi connectivity index (χ2v) is 8.38. The summed E-state index contributed by atoms with van der Waals surface area (Å²) in [6.07, 6.45) is 4.04. The summed E-state index contributed by atoms with van der Waals surface area (Å²) in [5, 5.41) is 12.5. The lowest BCUT2D eigenvalue weighted by molar-refractivity contribution is 0.593. The Labute approximate surface area is 173 Å². The fraction of sp³-hybridized carbons (Fsp3) is 0.318. The van der Waals surface area contributed by atoms with Gasteiger partial charge in [-0.1, -0.05) is 59.1 Å². The predicted octanol–water partition coefficient (Wildman–Crippen LogP) is 4.27. The maximum atomic E-state index is 4.91. The maximum Gasteiger partial charge on any atom is 0.159 e. The number of aromatic nitrogens is 3. The highest BCUT2D eigenvalue weighted by molar-refractivity contribution is 9.10. The quantitative estimate of drug-likeness (QED) is 0.588. The van der Waals surface area contributed by atoms with Gasteiger partial charge in [-0.25, -0.2) is 0 Å². The number of aliphatic imine (C=N–C) groups is 1. The number of halogens is 1. The van der Waals surface area contributed by atoms with Crippen LogP contribution >= 0.6 is 15.9 Å². The van der Waals surface area contributed by atoms with Gasteiger partial charge < -0.3 is 5.32 Å². The topological polar surface area (TPSA) is 55.1 Å². The Morgan fingerprint density at radius 2 is 1.93 bits per heavy atom. The van der Waals surface area contributed by atoms with Crippen LogP contribution in [0, 0.1) is 5.92 Å². The molecule has 6 heteroatoms. The van der Waals surface area contributed by atoms with E-state index < -0.39 is 0 Å². The van der Waals surface area contributed by atoms with Gasteiger partial charge in [0.2, 0.25) is 0 Å². The molecule has 1 fully saturated rings. The van der Waals surface area contributed by atoms with Crippen LogP contribution in [0.2, 0.25) is 0 Å². The van der Waals surface area contributed by atoms with Crippen molar-refractivity contribution in [3.05, 3.63) is 75.8 Å². The second kappa shape index (κ2) is 7.60. The molecule has 2 aliphatic rings. The zero-order valence-corrected chi connectivity index (χ0v) is 17.2. The zero-order chi connectivity index (χ0) is 18.9. The summed E-state index contributed by atoms with van der Waals surface area (Å²) in [6, 6.07) is 16.7. The molecule has 1 aliphatic carbocycles. The fourth-order valence-electron chi connectivity index (χ4n) is 3.73. The highest BCUT2D eigenvalue weighted by Crippen LogP contribution is 2.32. The Morgan fingerprint density at radius 3 is 2.75 bits per heavy atom. The van der Waals surface area contributed by atoms with Gasteiger partial charge in [0, 0.05) is 15.6 Å². The molecule has 1 aromatic heterocycles. The van der Waals surface area contributed by atoms with Gasteiger partial charge in [0.15, 0.2) is 11.6 Å². The largest absolute Gasteiger partial charge is 0.310 e. The average Bonchev–Trinajstić information content (AvgIpc) is 3.48. The molecule has 3 aromatic rings. The van der Waals surface area contributed by atoms with Gasteiger partial charge in [-0.3, -0.25) is 9.56 Å². The van der Waals surface area contributed by atoms with E-state index in [1.807, 2.05) is 6.07 Å². The average molecular weight is 436 g/mol. The van der Waals surface area contributed by atoms with Crippen molar-refractivity contribution < 1.29 is 0 Å². The number of fused-ring (bicyclic) bond motifs is 3. The standard InChI is InChI=1S/C22H22BrN5/c23-17-8-9-19-18(12-17)22(16-4-2-1-3-5-16)25-14-21-27-26-20(28(19)21)13-24-11-10-15-6-7-15/h1-5,8-9,12,15,24H,6-7,10-11,13-14H2. The number of rotatable bonds is 6. The van der Waals surface area contributed by atoms with E-state index in [0.29, 0.717) is 6.54 Å². The minimum absolute atomic E-state index is 0.519. The number of benzene rings is 2. The van der Waals surface area contributed by atoms with Gasteiger partial charge in [0.1, 0.15) is 6.54 Å². The van der Waals surface area contributed by atoms with Crippen LogP contribution in [0.3, 0.4) is 0 Å². The van der Waals surface area contributed by atoms with E-state index in [1.165, 1.54) is 19.3 Å². The van der Waals surface area contributed by atoms with Crippen molar-refractivity contribution in [1.29, 1.82) is 0 Å². The van der Waals surface area contributed by atoms with Gasteiger partial charge in [0.05, 0.1) is 17.9 Å². The van der Waals surface area contributed by atoms with Crippen molar-refractivity contribution in [2.75, 3.05) is 6.54 Å². The Hall–Kier alpha value is -2.31. The van der Waals surface area contributed by atoms with Crippen LogP contribution in [0.25, 0.3) is 5.69 Å². The van der Waals surface area contributed by atoms with Crippen molar-refractivity contribution in [2.45, 2.75) is 32.4 Å². The normalized spacial score (nSPS) is 15.5. The highest BCUT2D eigenvalue weighted by atomic mass is 79.9. The lowest BCUT2D eigenvalue weighted by atomic mass is 10.0. The Balaban J connectivity index is 1.51. The summed E-state index contributed by atoms with van der Waals surface area (Å²) in [5.74, 6) is 2.76. The summed E-state index contributed by atoms with van der Waals surface area (Å²) in [5.41, 5.74) is 4.29. The van der Waals surface area contributed by atoms with Crippen LogP contribution in [-0.2, 0) is 13.1 Å². The van der Waals surface area contributed by atoms with Crippen LogP contribution in [0.15, 0.2) is 58.0 Å². The Kier molecular flexibility index (Phi) is 4.82. The summed E-state index contributed by atoms with van der Waals surface area (Å²) in [4.78, 5) is 4.91. The van der Waals surface area contributed by atoms with E-state index in [9.17, 15) is 0 Å². The predicted molar refractivity (Wildman–Crippen MR) is 114 cm³/mol. The molecule has 0 unspecified atom stereocenters. The lowest BCUT2D eigenvalue weighted by Crippen LogP contribution is -2.19. The minimum atomic E-state index is 0.519. The van der Waals surface area contributed by atoms with Crippen molar-refractivity contribution in [2.24, 2.45) is 10.9 Å². The summed E-state index contributed by atoms with van der Waals surface area (Å²) in [6.45, 7) is 2.27. The molecule has 0 spiro atoms. The molecule has 2 aromatic carbocycles. The molecule has 2 heterocycles. The minimum Gasteiger partial charge on any atom is -0.310 e. The Bertz CT molecular complexity index is 1020. The first-order valence-electron chi connectivity index (χ1n) is 9.83. The van der Waals surface area contributed by atoms with Gasteiger partial charge in [-0.2, -0.15) is 0 Å². The van der Waals surface area contributed by atoms with Gasteiger partial charge >= 0.3 is 0 Å². The first-order valence-corrected chi connectivity index (χ1v) is 10.6. The molecule has 1 N–H and O–H groups in total. The molecule has 142 valence electrons. The van der Waals surface area contributed by atoms with Crippen LogP contribution in [0.5, 0.6) is 0 Å². The van der Waals surface area contributed by atoms with E-state index in [-0.39, 0.29) is 0 Å². The molecule has 28 heavy (non-hydrogen) atoms. The first kappa shape index (κ1) is 17.8. The molecule has 5 nitrogen and oxygen atoms in total. The summed E-state index contributed by atoms with van der Waals surface area (Å²) < 4.78 is 3.21. The van der Waals surface area contributed by atoms with Crippen molar-refractivity contribution in [3.8, 4) is 5.69 Å². The zero-order valence-electron chi connectivity index (χ0n) is 15.6. The monoisotopic (exact) mass is 435 g/mol. The van der Waals surface area contributed by atoms with E-state index in [1.54, 1.807) is 0 Å². The van der Waals surface area contributed by atoms with Gasteiger partial charge in [-0.15, -0.1) is 10.2 Å². The number of nitrogens with zero attached hydrogens (tertiary/aromatic N) is 4. The molecule has 5 rings (SSSR count). The molecule has 0 radical (unpaired) electrons. The smallest absolute Gasteiger partial charge is 0.159 e. The van der Waals surface area contributed by atoms with Crippen molar-refractivity contribution in [1.82, 2.24) is 20.1 Å². The molecule has 0 bridgehead atoms. The SMILES string of the molecule is Brc1ccc2c(c1)C(c1ccccc1)=NCc1nnc(CNCCC3CC3)n1-2. The molecular formula is C22H22BrN5. The van der Waals surface area contributed by atoms with E-state index in [2.05, 4.69) is 78.5 Å². The fourth-order valence-corrected chi connectivity index (χ4v) is 4.09. The molecule has 0 atom stereocenters. The van der Waals surface area contributed by atoms with E-state index in [4.69, 9.17) is 4.99 Å². The molecule has 0 amide bonds. The van der Waals surface area contributed by atoms with E-state index in [0.717, 1.165) is 57.7 Å². The molecule has 1 aliphatic heterocycles. The third-order valence-electron chi connectivity index (χ3n) is 5.39. The van der Waals surface area contributed by atoms with Gasteiger partial charge in [-0.05, 0) is 37.1 Å². The lowest BCUT2D eigenvalue weighted by Gasteiger charge is -2.14. The van der Waals surface area contributed by atoms with Crippen molar-refractivity contribution >= 4 is 21.6 Å². The maximum absolute atomic E-state index is 4.91. The number of hydrogen-bond acceptors (Lipinski definition) is 4. The third-order valence-corrected chi connectivity index (χ3v) is 5.88. The van der Waals surface area contributed by atoms with Crippen LogP contribution in [0.1, 0.15) is 42.0 Å². The molecule has 0 saturated heterocycles.